The molecule has 1 aliphatic rings. The van der Waals surface area contributed by atoms with Crippen LogP contribution in [0.15, 0.2) is 36.7 Å². The van der Waals surface area contributed by atoms with Crippen molar-refractivity contribution >= 4 is 5.91 Å². The topological polar surface area (TPSA) is 76.6 Å². The van der Waals surface area contributed by atoms with Crippen LogP contribution in [0.1, 0.15) is 23.2 Å². The van der Waals surface area contributed by atoms with Crippen LogP contribution >= 0.6 is 0 Å². The number of methoxy groups -OCH3 is 1. The molecule has 1 aromatic heterocycles. The molecule has 1 aromatic carbocycles. The molecule has 7 nitrogen and oxygen atoms in total. The molecule has 3 rings (SSSR count). The maximum atomic E-state index is 12.8. The van der Waals surface area contributed by atoms with Crippen molar-refractivity contribution in [3.63, 3.8) is 0 Å². The molecule has 2 heterocycles. The molecule has 0 unspecified atom stereocenters. The molecule has 0 saturated carbocycles. The molecule has 144 valence electrons. The van der Waals surface area contributed by atoms with Crippen molar-refractivity contribution in [2.45, 2.75) is 18.4 Å². The van der Waals surface area contributed by atoms with Crippen LogP contribution in [0.2, 0.25) is 0 Å². The lowest BCUT2D eigenvalue weighted by Gasteiger charge is -2.42. The maximum absolute atomic E-state index is 12.8. The van der Waals surface area contributed by atoms with Gasteiger partial charge in [-0.1, -0.05) is 12.1 Å². The van der Waals surface area contributed by atoms with E-state index in [1.165, 1.54) is 0 Å². The van der Waals surface area contributed by atoms with Crippen molar-refractivity contribution in [3.05, 3.63) is 42.2 Å². The van der Waals surface area contributed by atoms with E-state index in [9.17, 15) is 4.79 Å². The number of carbonyl (C=O) groups excluding carboxylic acids is 1. The molecule has 1 aliphatic heterocycles. The van der Waals surface area contributed by atoms with Crippen molar-refractivity contribution in [2.24, 2.45) is 0 Å². The van der Waals surface area contributed by atoms with Gasteiger partial charge in [0.25, 0.3) is 5.91 Å². The Kier molecular flexibility index (Phi) is 6.03. The monoisotopic (exact) mass is 370 g/mol. The summed E-state index contributed by atoms with van der Waals surface area (Å²) in [6.45, 7) is 2.02. The molecule has 1 saturated heterocycles. The average molecular weight is 370 g/mol. The smallest absolute Gasteiger partial charge is 0.251 e. The van der Waals surface area contributed by atoms with Crippen molar-refractivity contribution in [1.82, 2.24) is 20.2 Å². The Balaban J connectivity index is 1.76. The van der Waals surface area contributed by atoms with Crippen LogP contribution in [0.4, 0.5) is 0 Å². The molecular formula is C20H26N4O3. The number of amides is 1. The number of likely N-dealkylation sites (N-methyl/N-ethyl adjacent to an activating group) is 1. The van der Waals surface area contributed by atoms with Crippen molar-refractivity contribution in [1.29, 1.82) is 0 Å². The summed E-state index contributed by atoms with van der Waals surface area (Å²) in [5.41, 5.74) is 1.92. The minimum absolute atomic E-state index is 0.0698. The fourth-order valence-electron chi connectivity index (χ4n) is 3.36. The quantitative estimate of drug-likeness (QED) is 0.838. The van der Waals surface area contributed by atoms with Crippen LogP contribution in [0, 0.1) is 0 Å². The normalized spacial score (nSPS) is 16.1. The average Bonchev–Trinajstić information content (AvgIpc) is 2.72. The third kappa shape index (κ3) is 4.26. The van der Waals surface area contributed by atoms with E-state index < -0.39 is 0 Å². The van der Waals surface area contributed by atoms with Crippen molar-refractivity contribution in [2.75, 3.05) is 41.0 Å². The van der Waals surface area contributed by atoms with Gasteiger partial charge in [0.15, 0.2) is 0 Å². The second kappa shape index (κ2) is 8.45. The van der Waals surface area contributed by atoms with Crippen LogP contribution in [-0.4, -0.2) is 67.3 Å². The van der Waals surface area contributed by atoms with Crippen LogP contribution in [0.5, 0.6) is 5.88 Å². The van der Waals surface area contributed by atoms with Crippen LogP contribution in [-0.2, 0) is 4.74 Å². The Labute approximate surface area is 159 Å². The largest absolute Gasteiger partial charge is 0.479 e. The Bertz CT molecular complexity index is 788. The summed E-state index contributed by atoms with van der Waals surface area (Å²) >= 11 is 0. The fourth-order valence-corrected chi connectivity index (χ4v) is 3.36. The molecule has 0 bridgehead atoms. The zero-order valence-electron chi connectivity index (χ0n) is 16.1. The highest BCUT2D eigenvalue weighted by molar-refractivity contribution is 5.95. The third-order valence-corrected chi connectivity index (χ3v) is 5.21. The number of nitrogens with zero attached hydrogens (tertiary/aromatic N) is 3. The standard InChI is InChI=1S/C20H26N4O3/c1-24(2)20(7-11-27-12-8-20)14-23-18(25)16-6-4-5-15(13-16)17-19(26-3)22-10-9-21-17/h4-6,9-10,13H,7-8,11-12,14H2,1-3H3,(H,23,25). The number of hydrogen-bond acceptors (Lipinski definition) is 6. The lowest BCUT2D eigenvalue weighted by atomic mass is 9.88. The number of carbonyl (C=O) groups is 1. The summed E-state index contributed by atoms with van der Waals surface area (Å²) in [5, 5.41) is 3.09. The first-order chi connectivity index (χ1) is 13.1. The number of ether oxygens (including phenoxy) is 2. The van der Waals surface area contributed by atoms with Gasteiger partial charge in [0.1, 0.15) is 5.69 Å². The summed E-state index contributed by atoms with van der Waals surface area (Å²) in [7, 11) is 5.66. The number of hydrogen-bond donors (Lipinski definition) is 1. The van der Waals surface area contributed by atoms with E-state index in [-0.39, 0.29) is 11.4 Å². The molecule has 7 heteroatoms. The first-order valence-electron chi connectivity index (χ1n) is 9.04. The number of rotatable bonds is 6. The van der Waals surface area contributed by atoms with Crippen LogP contribution in [0.25, 0.3) is 11.3 Å². The summed E-state index contributed by atoms with van der Waals surface area (Å²) in [4.78, 5) is 23.5. The van der Waals surface area contributed by atoms with Gasteiger partial charge >= 0.3 is 0 Å². The summed E-state index contributed by atoms with van der Waals surface area (Å²) in [6, 6.07) is 7.35. The van der Waals surface area contributed by atoms with E-state index in [2.05, 4.69) is 34.3 Å². The minimum atomic E-state index is -0.104. The van der Waals surface area contributed by atoms with E-state index in [1.807, 2.05) is 18.2 Å². The lowest BCUT2D eigenvalue weighted by molar-refractivity contribution is -0.00657. The van der Waals surface area contributed by atoms with Gasteiger partial charge < -0.3 is 19.7 Å². The van der Waals surface area contributed by atoms with Gasteiger partial charge in [-0.05, 0) is 39.1 Å². The number of nitrogens with one attached hydrogen (secondary N) is 1. The highest BCUT2D eigenvalue weighted by Crippen LogP contribution is 2.27. The predicted octanol–water partition coefficient (Wildman–Crippen LogP) is 1.99. The highest BCUT2D eigenvalue weighted by Gasteiger charge is 2.35. The van der Waals surface area contributed by atoms with Gasteiger partial charge in [-0.2, -0.15) is 0 Å². The molecule has 0 atom stereocenters. The first-order valence-corrected chi connectivity index (χ1v) is 9.04. The number of aromatic nitrogens is 2. The Morgan fingerprint density at radius 1 is 1.26 bits per heavy atom. The molecule has 1 N–H and O–H groups in total. The van der Waals surface area contributed by atoms with Gasteiger partial charge in [0.2, 0.25) is 5.88 Å². The van der Waals surface area contributed by atoms with E-state index in [4.69, 9.17) is 9.47 Å². The second-order valence-electron chi connectivity index (χ2n) is 6.91. The van der Waals surface area contributed by atoms with E-state index in [1.54, 1.807) is 25.6 Å². The van der Waals surface area contributed by atoms with Crippen molar-refractivity contribution in [3.8, 4) is 17.1 Å². The zero-order chi connectivity index (χ0) is 19.3. The minimum Gasteiger partial charge on any atom is -0.479 e. The summed E-state index contributed by atoms with van der Waals surface area (Å²) in [6.07, 6.45) is 4.98. The van der Waals surface area contributed by atoms with Crippen molar-refractivity contribution < 1.29 is 14.3 Å². The first kappa shape index (κ1) is 19.3. The Morgan fingerprint density at radius 2 is 2.00 bits per heavy atom. The lowest BCUT2D eigenvalue weighted by Crippen LogP contribution is -2.55. The van der Waals surface area contributed by atoms with Gasteiger partial charge in [-0.15, -0.1) is 0 Å². The fraction of sp³-hybridized carbons (Fsp3) is 0.450. The molecule has 0 radical (unpaired) electrons. The maximum Gasteiger partial charge on any atom is 0.251 e. The van der Waals surface area contributed by atoms with Crippen LogP contribution in [0.3, 0.4) is 0 Å². The van der Waals surface area contributed by atoms with Gasteiger partial charge in [-0.25, -0.2) is 9.97 Å². The third-order valence-electron chi connectivity index (χ3n) is 5.21. The molecule has 1 amide bonds. The summed E-state index contributed by atoms with van der Waals surface area (Å²) < 4.78 is 10.8. The molecule has 1 fully saturated rings. The second-order valence-corrected chi connectivity index (χ2v) is 6.91. The van der Waals surface area contributed by atoms with Crippen LogP contribution < -0.4 is 10.1 Å². The molecule has 2 aromatic rings. The molecule has 0 spiro atoms. The van der Waals surface area contributed by atoms with E-state index >= 15 is 0 Å². The van der Waals surface area contributed by atoms with Gasteiger partial charge in [0.05, 0.1) is 7.11 Å². The SMILES string of the molecule is COc1nccnc1-c1cccc(C(=O)NCC2(N(C)C)CCOCC2)c1. The summed E-state index contributed by atoms with van der Waals surface area (Å²) in [5.74, 6) is 0.330. The Morgan fingerprint density at radius 3 is 2.70 bits per heavy atom. The van der Waals surface area contributed by atoms with Gasteiger partial charge in [0, 0.05) is 48.8 Å². The molecular weight excluding hydrogens is 344 g/mol. The Hall–Kier alpha value is -2.51. The molecule has 0 aliphatic carbocycles. The molecule has 27 heavy (non-hydrogen) atoms. The van der Waals surface area contributed by atoms with Gasteiger partial charge in [-0.3, -0.25) is 4.79 Å². The zero-order valence-corrected chi connectivity index (χ0v) is 16.1. The van der Waals surface area contributed by atoms with E-state index in [0.29, 0.717) is 23.7 Å². The van der Waals surface area contributed by atoms with E-state index in [0.717, 1.165) is 31.6 Å². The number of benzene rings is 1. The predicted molar refractivity (Wildman–Crippen MR) is 103 cm³/mol. The highest BCUT2D eigenvalue weighted by atomic mass is 16.5.